The zero-order valence-electron chi connectivity index (χ0n) is 12.6. The summed E-state index contributed by atoms with van der Waals surface area (Å²) < 4.78 is 0. The first-order valence-electron chi connectivity index (χ1n) is 7.60. The standard InChI is InChI=1S/C8H14O2.C8H12O2/c2*1-6(9)7-3-2-4-8(10)5-7/h7-8,10H,2-5H2,1H3;7H,2-5H2,1H3/t7-,8+;7-/m00/s1. The van der Waals surface area contributed by atoms with Gasteiger partial charge in [-0.05, 0) is 46.0 Å². The van der Waals surface area contributed by atoms with E-state index < -0.39 is 0 Å². The van der Waals surface area contributed by atoms with Crippen molar-refractivity contribution in [3.8, 4) is 0 Å². The van der Waals surface area contributed by atoms with Crippen molar-refractivity contribution in [3.05, 3.63) is 0 Å². The number of ketones is 3. The van der Waals surface area contributed by atoms with Crippen molar-refractivity contribution >= 4 is 17.3 Å². The van der Waals surface area contributed by atoms with Crippen molar-refractivity contribution in [3.63, 3.8) is 0 Å². The Bertz CT molecular complexity index is 359. The molecule has 0 amide bonds. The summed E-state index contributed by atoms with van der Waals surface area (Å²) in [7, 11) is 0. The molecular weight excluding hydrogens is 256 g/mol. The maximum atomic E-state index is 10.8. The van der Waals surface area contributed by atoms with Crippen LogP contribution in [-0.2, 0) is 14.4 Å². The monoisotopic (exact) mass is 282 g/mol. The molecule has 0 aromatic rings. The molecule has 20 heavy (non-hydrogen) atoms. The fourth-order valence-electron chi connectivity index (χ4n) is 2.90. The molecule has 0 unspecified atom stereocenters. The molecule has 3 atom stereocenters. The number of rotatable bonds is 2. The van der Waals surface area contributed by atoms with Crippen LogP contribution in [0.1, 0.15) is 65.2 Å². The number of carbonyl (C=O) groups excluding carboxylic acids is 3. The Balaban J connectivity index is 0.000000200. The van der Waals surface area contributed by atoms with Crippen LogP contribution in [0.25, 0.3) is 0 Å². The Morgan fingerprint density at radius 3 is 2.00 bits per heavy atom. The van der Waals surface area contributed by atoms with Crippen LogP contribution in [0.5, 0.6) is 0 Å². The van der Waals surface area contributed by atoms with Crippen LogP contribution in [0.4, 0.5) is 0 Å². The Labute approximate surface area is 120 Å². The second kappa shape index (κ2) is 8.30. The highest BCUT2D eigenvalue weighted by Crippen LogP contribution is 2.24. The van der Waals surface area contributed by atoms with Crippen molar-refractivity contribution in [1.29, 1.82) is 0 Å². The van der Waals surface area contributed by atoms with Gasteiger partial charge < -0.3 is 5.11 Å². The molecule has 2 aliphatic rings. The van der Waals surface area contributed by atoms with Crippen molar-refractivity contribution in [2.75, 3.05) is 0 Å². The number of hydrogen-bond donors (Lipinski definition) is 1. The van der Waals surface area contributed by atoms with Gasteiger partial charge in [-0.1, -0.05) is 6.42 Å². The lowest BCUT2D eigenvalue weighted by atomic mass is 9.85. The molecule has 0 spiro atoms. The predicted octanol–water partition coefficient (Wildman–Crippen LogP) is 2.46. The van der Waals surface area contributed by atoms with Gasteiger partial charge in [-0.2, -0.15) is 0 Å². The molecule has 2 saturated carbocycles. The summed E-state index contributed by atoms with van der Waals surface area (Å²) in [5.41, 5.74) is 0. The molecule has 0 aromatic heterocycles. The van der Waals surface area contributed by atoms with Gasteiger partial charge in [0.1, 0.15) is 17.3 Å². The van der Waals surface area contributed by atoms with Crippen molar-refractivity contribution in [1.82, 2.24) is 0 Å². The van der Waals surface area contributed by atoms with E-state index in [9.17, 15) is 19.5 Å². The Hall–Kier alpha value is -1.03. The largest absolute Gasteiger partial charge is 0.393 e. The molecule has 2 aliphatic carbocycles. The molecule has 0 bridgehead atoms. The van der Waals surface area contributed by atoms with Gasteiger partial charge in [0.15, 0.2) is 0 Å². The quantitative estimate of drug-likeness (QED) is 0.844. The van der Waals surface area contributed by atoms with E-state index >= 15 is 0 Å². The minimum Gasteiger partial charge on any atom is -0.393 e. The van der Waals surface area contributed by atoms with Gasteiger partial charge in [-0.15, -0.1) is 0 Å². The zero-order chi connectivity index (χ0) is 15.1. The molecule has 0 aromatic carbocycles. The van der Waals surface area contributed by atoms with Crippen LogP contribution in [0.3, 0.4) is 0 Å². The lowest BCUT2D eigenvalue weighted by Gasteiger charge is -2.23. The Morgan fingerprint density at radius 2 is 1.60 bits per heavy atom. The first-order valence-corrected chi connectivity index (χ1v) is 7.60. The minimum atomic E-state index is -0.220. The SMILES string of the molecule is CC(=O)[C@H]1CCCC(=O)C1.CC(=O)[C@H]1CCC[C@@H](O)C1. The average molecular weight is 282 g/mol. The van der Waals surface area contributed by atoms with Crippen LogP contribution in [0, 0.1) is 11.8 Å². The Morgan fingerprint density at radius 1 is 1.00 bits per heavy atom. The van der Waals surface area contributed by atoms with Crippen LogP contribution in [0.2, 0.25) is 0 Å². The first kappa shape index (κ1) is 17.0. The summed E-state index contributed by atoms with van der Waals surface area (Å²) in [6.45, 7) is 3.19. The van der Waals surface area contributed by atoms with E-state index in [0.717, 1.165) is 32.1 Å². The highest BCUT2D eigenvalue weighted by molar-refractivity contribution is 5.87. The fourth-order valence-corrected chi connectivity index (χ4v) is 2.90. The molecular formula is C16H26O4. The molecule has 1 N–H and O–H groups in total. The predicted molar refractivity (Wildman–Crippen MR) is 76.3 cm³/mol. The van der Waals surface area contributed by atoms with E-state index in [1.165, 1.54) is 0 Å². The lowest BCUT2D eigenvalue weighted by Crippen LogP contribution is -2.23. The summed E-state index contributed by atoms with van der Waals surface area (Å²) in [5, 5.41) is 9.18. The van der Waals surface area contributed by atoms with Gasteiger partial charge in [-0.25, -0.2) is 0 Å². The summed E-state index contributed by atoms with van der Waals surface area (Å²) in [4.78, 5) is 32.5. The maximum Gasteiger partial charge on any atom is 0.133 e. The zero-order valence-corrected chi connectivity index (χ0v) is 12.6. The summed E-state index contributed by atoms with van der Waals surface area (Å²) in [6, 6.07) is 0. The third kappa shape index (κ3) is 5.95. The summed E-state index contributed by atoms with van der Waals surface area (Å²) in [6.07, 6.45) is 6.34. The fraction of sp³-hybridized carbons (Fsp3) is 0.812. The van der Waals surface area contributed by atoms with E-state index in [1.807, 2.05) is 0 Å². The van der Waals surface area contributed by atoms with Crippen LogP contribution < -0.4 is 0 Å². The second-order valence-corrected chi connectivity index (χ2v) is 6.07. The molecule has 2 rings (SSSR count). The molecule has 0 heterocycles. The number of carbonyl (C=O) groups is 3. The van der Waals surface area contributed by atoms with E-state index in [2.05, 4.69) is 0 Å². The number of aliphatic hydroxyl groups is 1. The summed E-state index contributed by atoms with van der Waals surface area (Å²) in [5.74, 6) is 0.850. The molecule has 0 radical (unpaired) electrons. The molecule has 0 saturated heterocycles. The summed E-state index contributed by atoms with van der Waals surface area (Å²) >= 11 is 0. The van der Waals surface area contributed by atoms with E-state index in [-0.39, 0.29) is 35.3 Å². The number of hydrogen-bond acceptors (Lipinski definition) is 4. The van der Waals surface area contributed by atoms with Gasteiger partial charge in [0.25, 0.3) is 0 Å². The van der Waals surface area contributed by atoms with Gasteiger partial charge in [0.2, 0.25) is 0 Å². The van der Waals surface area contributed by atoms with Crippen LogP contribution >= 0.6 is 0 Å². The van der Waals surface area contributed by atoms with Gasteiger partial charge in [0.05, 0.1) is 6.10 Å². The van der Waals surface area contributed by atoms with Gasteiger partial charge >= 0.3 is 0 Å². The van der Waals surface area contributed by atoms with Crippen LogP contribution in [-0.4, -0.2) is 28.6 Å². The van der Waals surface area contributed by atoms with Gasteiger partial charge in [0, 0.05) is 24.7 Å². The second-order valence-electron chi connectivity index (χ2n) is 6.07. The third-order valence-corrected chi connectivity index (χ3v) is 4.28. The van der Waals surface area contributed by atoms with Crippen molar-refractivity contribution < 1.29 is 19.5 Å². The topological polar surface area (TPSA) is 71.4 Å². The number of Topliss-reactive ketones (excluding diaryl/α,β-unsaturated/α-hetero) is 3. The molecule has 2 fully saturated rings. The number of aliphatic hydroxyl groups excluding tert-OH is 1. The highest BCUT2D eigenvalue weighted by atomic mass is 16.3. The highest BCUT2D eigenvalue weighted by Gasteiger charge is 2.23. The van der Waals surface area contributed by atoms with E-state index in [4.69, 9.17) is 0 Å². The molecule has 4 nitrogen and oxygen atoms in total. The van der Waals surface area contributed by atoms with Crippen molar-refractivity contribution in [2.45, 2.75) is 71.3 Å². The smallest absolute Gasteiger partial charge is 0.133 e. The third-order valence-electron chi connectivity index (χ3n) is 4.28. The van der Waals surface area contributed by atoms with Crippen molar-refractivity contribution in [2.24, 2.45) is 11.8 Å². The maximum absolute atomic E-state index is 10.8. The van der Waals surface area contributed by atoms with E-state index in [0.29, 0.717) is 19.3 Å². The minimum absolute atomic E-state index is 0.0428. The van der Waals surface area contributed by atoms with Crippen LogP contribution in [0.15, 0.2) is 0 Å². The first-order chi connectivity index (χ1) is 9.40. The average Bonchev–Trinajstić information content (AvgIpc) is 2.39. The molecule has 0 aliphatic heterocycles. The molecule has 4 heteroatoms. The van der Waals surface area contributed by atoms with E-state index in [1.54, 1.807) is 13.8 Å². The molecule has 114 valence electrons. The Kier molecular flexibility index (Phi) is 7.06. The van der Waals surface area contributed by atoms with Gasteiger partial charge in [-0.3, -0.25) is 14.4 Å². The lowest BCUT2D eigenvalue weighted by molar-refractivity contribution is -0.128. The normalized spacial score (nSPS) is 30.1.